The van der Waals surface area contributed by atoms with Crippen molar-refractivity contribution in [3.63, 3.8) is 0 Å². The van der Waals surface area contributed by atoms with E-state index in [1.165, 1.54) is 0 Å². The number of nitrogens with zero attached hydrogens (tertiary/aromatic N) is 3. The summed E-state index contributed by atoms with van der Waals surface area (Å²) in [5.41, 5.74) is 5.57. The number of hydrogen-bond donors (Lipinski definition) is 1. The Morgan fingerprint density at radius 3 is 2.31 bits per heavy atom. The molecule has 0 saturated heterocycles. The monoisotopic (exact) mass is 361 g/mol. The number of pyridine rings is 3. The third-order valence-corrected chi connectivity index (χ3v) is 4.76. The number of aromatic nitrogens is 3. The Labute approximate surface area is 152 Å². The van der Waals surface area contributed by atoms with Gasteiger partial charge in [-0.2, -0.15) is 0 Å². The van der Waals surface area contributed by atoms with Crippen LogP contribution in [0.2, 0.25) is 0 Å². The molecule has 0 aliphatic heterocycles. The quantitative estimate of drug-likeness (QED) is 0.564. The van der Waals surface area contributed by atoms with Crippen molar-refractivity contribution in [3.8, 4) is 22.3 Å². The highest BCUT2D eigenvalue weighted by molar-refractivity contribution is 7.71. The normalized spacial score (nSPS) is 11.1. The van der Waals surface area contributed by atoms with Gasteiger partial charge in [-0.05, 0) is 53.1 Å². The summed E-state index contributed by atoms with van der Waals surface area (Å²) < 4.78 is 21.7. The van der Waals surface area contributed by atoms with Crippen molar-refractivity contribution in [2.75, 3.05) is 0 Å². The maximum absolute atomic E-state index is 10.8. The minimum atomic E-state index is -2.47. The van der Waals surface area contributed by atoms with Gasteiger partial charge in [-0.25, -0.2) is 8.42 Å². The summed E-state index contributed by atoms with van der Waals surface area (Å²) >= 11 is 0. The molecule has 0 amide bonds. The third-order valence-electron chi connectivity index (χ3n) is 4.18. The molecule has 26 heavy (non-hydrogen) atoms. The first-order valence-corrected chi connectivity index (χ1v) is 9.43. The lowest BCUT2D eigenvalue weighted by atomic mass is 9.98. The third kappa shape index (κ3) is 3.32. The van der Waals surface area contributed by atoms with Gasteiger partial charge in [0.25, 0.3) is 0 Å². The smallest absolute Gasteiger partial charge is 0.145 e. The summed E-state index contributed by atoms with van der Waals surface area (Å²) in [6.07, 6.45) is 7.06. The van der Waals surface area contributed by atoms with Gasteiger partial charge < -0.3 is 0 Å². The summed E-state index contributed by atoms with van der Waals surface area (Å²) in [5.74, 6) is -0.0382. The highest BCUT2D eigenvalue weighted by atomic mass is 32.2. The molecule has 0 aliphatic carbocycles. The number of fused-ring (bicyclic) bond motifs is 1. The molecule has 3 heterocycles. The molecule has 0 fully saturated rings. The molecule has 1 aromatic carbocycles. The molecule has 5 nitrogen and oxygen atoms in total. The van der Waals surface area contributed by atoms with Gasteiger partial charge >= 0.3 is 0 Å². The van der Waals surface area contributed by atoms with E-state index in [9.17, 15) is 8.42 Å². The van der Waals surface area contributed by atoms with Gasteiger partial charge in [0.1, 0.15) is 10.7 Å². The molecule has 128 valence electrons. The second kappa shape index (κ2) is 7.01. The molecule has 0 N–H and O–H groups in total. The first kappa shape index (κ1) is 16.4. The number of benzene rings is 1. The van der Waals surface area contributed by atoms with E-state index in [0.29, 0.717) is 5.69 Å². The van der Waals surface area contributed by atoms with Gasteiger partial charge in [0.15, 0.2) is 0 Å². The van der Waals surface area contributed by atoms with Crippen molar-refractivity contribution in [1.82, 2.24) is 15.0 Å². The Morgan fingerprint density at radius 1 is 0.769 bits per heavy atom. The largest absolute Gasteiger partial charge is 0.265 e. The Kier molecular flexibility index (Phi) is 4.41. The Bertz CT molecular complexity index is 1130. The molecule has 0 atom stereocenters. The van der Waals surface area contributed by atoms with Crippen LogP contribution in [0, 0.1) is 0 Å². The maximum Gasteiger partial charge on any atom is 0.145 e. The maximum atomic E-state index is 10.8. The molecular weight excluding hydrogens is 346 g/mol. The zero-order chi connectivity index (χ0) is 17.9. The molecule has 4 rings (SSSR count). The van der Waals surface area contributed by atoms with Gasteiger partial charge in [0, 0.05) is 35.7 Å². The Hall–Kier alpha value is -3.12. The van der Waals surface area contributed by atoms with E-state index in [1.807, 2.05) is 36.4 Å². The summed E-state index contributed by atoms with van der Waals surface area (Å²) in [5, 5.41) is 1.04. The van der Waals surface area contributed by atoms with Crippen molar-refractivity contribution in [1.29, 1.82) is 0 Å². The Balaban J connectivity index is 1.80. The first-order chi connectivity index (χ1) is 12.7. The molecule has 3 aromatic heterocycles. The second-order valence-electron chi connectivity index (χ2n) is 5.86. The number of thiol groups is 1. The zero-order valence-corrected chi connectivity index (χ0v) is 14.6. The van der Waals surface area contributed by atoms with E-state index in [2.05, 4.69) is 21.0 Å². The van der Waals surface area contributed by atoms with Crippen LogP contribution in [0.3, 0.4) is 0 Å². The molecule has 0 aliphatic rings. The number of hydrogen-bond acceptors (Lipinski definition) is 5. The molecule has 0 saturated carbocycles. The lowest BCUT2D eigenvalue weighted by Crippen LogP contribution is -1.92. The highest BCUT2D eigenvalue weighted by Crippen LogP contribution is 2.30. The summed E-state index contributed by atoms with van der Waals surface area (Å²) in [6, 6.07) is 15.6. The molecule has 4 aromatic rings. The van der Waals surface area contributed by atoms with E-state index >= 15 is 0 Å². The minimum absolute atomic E-state index is 0.0382. The van der Waals surface area contributed by atoms with Gasteiger partial charge in [-0.15, -0.1) is 0 Å². The predicted octanol–water partition coefficient (Wildman–Crippen LogP) is 3.47. The van der Waals surface area contributed by atoms with Gasteiger partial charge in [0.2, 0.25) is 0 Å². The van der Waals surface area contributed by atoms with E-state index in [-0.39, 0.29) is 5.75 Å². The lowest BCUT2D eigenvalue weighted by molar-refractivity contribution is 0.613. The van der Waals surface area contributed by atoms with Crippen LogP contribution in [0.25, 0.3) is 33.2 Å². The second-order valence-corrected chi connectivity index (χ2v) is 6.84. The average Bonchev–Trinajstić information content (AvgIpc) is 2.68. The van der Waals surface area contributed by atoms with Crippen LogP contribution in [-0.2, 0) is 16.5 Å². The SMILES string of the molecule is O=[SH](=O)Cc1ccc(-c2ccc3nccc(-c4ccncc4)c3c2)cn1. The van der Waals surface area contributed by atoms with Crippen molar-refractivity contribution < 1.29 is 8.42 Å². The van der Waals surface area contributed by atoms with Crippen LogP contribution >= 0.6 is 0 Å². The van der Waals surface area contributed by atoms with E-state index in [4.69, 9.17) is 0 Å². The lowest BCUT2D eigenvalue weighted by Gasteiger charge is -2.09. The fourth-order valence-corrected chi connectivity index (χ4v) is 3.38. The highest BCUT2D eigenvalue weighted by Gasteiger charge is 2.07. The van der Waals surface area contributed by atoms with Crippen molar-refractivity contribution in [2.24, 2.45) is 0 Å². The number of rotatable bonds is 4. The van der Waals surface area contributed by atoms with Gasteiger partial charge in [0.05, 0.1) is 17.0 Å². The molecular formula is C20H15N3O2S. The predicted molar refractivity (Wildman–Crippen MR) is 102 cm³/mol. The summed E-state index contributed by atoms with van der Waals surface area (Å²) in [7, 11) is -2.47. The van der Waals surface area contributed by atoms with Crippen LogP contribution < -0.4 is 0 Å². The average molecular weight is 361 g/mol. The Morgan fingerprint density at radius 2 is 1.58 bits per heavy atom. The zero-order valence-electron chi connectivity index (χ0n) is 13.7. The van der Waals surface area contributed by atoms with E-state index in [1.54, 1.807) is 30.9 Å². The van der Waals surface area contributed by atoms with Crippen LogP contribution in [0.1, 0.15) is 5.69 Å². The molecule has 6 heteroatoms. The van der Waals surface area contributed by atoms with Crippen LogP contribution in [-0.4, -0.2) is 23.4 Å². The van der Waals surface area contributed by atoms with Crippen molar-refractivity contribution in [3.05, 3.63) is 79.0 Å². The van der Waals surface area contributed by atoms with Crippen LogP contribution in [0.4, 0.5) is 0 Å². The minimum Gasteiger partial charge on any atom is -0.265 e. The summed E-state index contributed by atoms with van der Waals surface area (Å²) in [6.45, 7) is 0. The van der Waals surface area contributed by atoms with Crippen LogP contribution in [0.5, 0.6) is 0 Å². The standard InChI is InChI=1S/C20H15N3O2S/c24-26(25)13-17-3-1-16(12-23-17)15-2-4-20-19(11-15)18(7-10-22-20)14-5-8-21-9-6-14/h1-12,26H,13H2. The van der Waals surface area contributed by atoms with E-state index in [0.717, 1.165) is 33.2 Å². The molecule has 0 radical (unpaired) electrons. The van der Waals surface area contributed by atoms with Crippen molar-refractivity contribution in [2.45, 2.75) is 5.75 Å². The first-order valence-electron chi connectivity index (χ1n) is 8.07. The van der Waals surface area contributed by atoms with Crippen molar-refractivity contribution >= 4 is 21.6 Å². The van der Waals surface area contributed by atoms with Gasteiger partial charge in [-0.1, -0.05) is 12.1 Å². The topological polar surface area (TPSA) is 72.8 Å². The molecule has 0 unspecified atom stereocenters. The fourth-order valence-electron chi connectivity index (χ4n) is 2.93. The fraction of sp³-hybridized carbons (Fsp3) is 0.0500. The summed E-state index contributed by atoms with van der Waals surface area (Å²) in [4.78, 5) is 12.8. The van der Waals surface area contributed by atoms with Gasteiger partial charge in [-0.3, -0.25) is 15.0 Å². The molecule has 0 spiro atoms. The van der Waals surface area contributed by atoms with Crippen LogP contribution in [0.15, 0.2) is 73.3 Å². The van der Waals surface area contributed by atoms with E-state index < -0.39 is 10.7 Å². The molecule has 0 bridgehead atoms.